The van der Waals surface area contributed by atoms with Crippen LogP contribution in [-0.4, -0.2) is 64.8 Å². The van der Waals surface area contributed by atoms with Crippen molar-refractivity contribution < 1.29 is 17.9 Å². The third-order valence-corrected chi connectivity index (χ3v) is 6.54. The molecule has 7 nitrogen and oxygen atoms in total. The van der Waals surface area contributed by atoms with Crippen molar-refractivity contribution in [1.29, 1.82) is 0 Å². The second-order valence-corrected chi connectivity index (χ2v) is 9.95. The number of rotatable bonds is 10. The quantitative estimate of drug-likeness (QED) is 0.583. The highest BCUT2D eigenvalue weighted by Crippen LogP contribution is 2.21. The topological polar surface area (TPSA) is 78.9 Å². The fourth-order valence-corrected chi connectivity index (χ4v) is 4.04. The Labute approximate surface area is 175 Å². The maximum Gasteiger partial charge on any atom is 0.261 e. The average molecular weight is 426 g/mol. The van der Waals surface area contributed by atoms with Gasteiger partial charge in [-0.05, 0) is 69.0 Å². The number of hydrogen-bond donors (Lipinski definition) is 1. The smallest absolute Gasteiger partial charge is 0.261 e. The number of carbonyl (C=O) groups excluding carboxylic acids is 1. The van der Waals surface area contributed by atoms with E-state index in [0.717, 1.165) is 38.2 Å². The second-order valence-electron chi connectivity index (χ2n) is 7.93. The Bertz CT molecular complexity index is 752. The number of likely N-dealkylation sites (tertiary alicyclic amines) is 1. The van der Waals surface area contributed by atoms with Crippen molar-refractivity contribution in [1.82, 2.24) is 10.2 Å². The number of sulfonamides is 1. The van der Waals surface area contributed by atoms with Gasteiger partial charge in [0.2, 0.25) is 10.0 Å². The SMILES string of the molecule is CCC(Oc1ccc(N(C)S(C)(=O)=O)cc1)C(=O)NCCCN1CCCC(C)C1. The minimum absolute atomic E-state index is 0.114. The maximum atomic E-state index is 12.5. The summed E-state index contributed by atoms with van der Waals surface area (Å²) in [5.74, 6) is 1.19. The molecule has 0 aliphatic carbocycles. The molecular weight excluding hydrogens is 390 g/mol. The van der Waals surface area contributed by atoms with Gasteiger partial charge in [-0.3, -0.25) is 9.10 Å². The Morgan fingerprint density at radius 1 is 1.34 bits per heavy atom. The molecule has 1 aromatic rings. The minimum atomic E-state index is -3.31. The highest BCUT2D eigenvalue weighted by Gasteiger charge is 2.19. The van der Waals surface area contributed by atoms with Crippen LogP contribution in [0.5, 0.6) is 5.75 Å². The number of nitrogens with one attached hydrogen (secondary N) is 1. The Kier molecular flexibility index (Phi) is 8.77. The van der Waals surface area contributed by atoms with Gasteiger partial charge < -0.3 is 15.0 Å². The molecule has 8 heteroatoms. The summed E-state index contributed by atoms with van der Waals surface area (Å²) in [6.07, 6.45) is 4.65. The summed E-state index contributed by atoms with van der Waals surface area (Å²) in [5, 5.41) is 2.98. The lowest BCUT2D eigenvalue weighted by Gasteiger charge is -2.30. The molecule has 0 bridgehead atoms. The van der Waals surface area contributed by atoms with Crippen molar-refractivity contribution in [3.05, 3.63) is 24.3 Å². The zero-order chi connectivity index (χ0) is 21.4. The number of ether oxygens (including phenoxy) is 1. The summed E-state index contributed by atoms with van der Waals surface area (Å²) in [4.78, 5) is 14.9. The van der Waals surface area contributed by atoms with E-state index in [9.17, 15) is 13.2 Å². The fraction of sp³-hybridized carbons (Fsp3) is 0.667. The summed E-state index contributed by atoms with van der Waals surface area (Å²) in [6, 6.07) is 6.70. The van der Waals surface area contributed by atoms with Crippen LogP contribution < -0.4 is 14.4 Å². The molecule has 1 amide bonds. The maximum absolute atomic E-state index is 12.5. The first kappa shape index (κ1) is 23.5. The molecule has 1 aliphatic heterocycles. The van der Waals surface area contributed by atoms with Crippen molar-refractivity contribution in [3.8, 4) is 5.75 Å². The number of carbonyl (C=O) groups is 1. The monoisotopic (exact) mass is 425 g/mol. The molecule has 2 atom stereocenters. The lowest BCUT2D eigenvalue weighted by Crippen LogP contribution is -2.40. The van der Waals surface area contributed by atoms with Gasteiger partial charge in [-0.25, -0.2) is 8.42 Å². The van der Waals surface area contributed by atoms with E-state index in [1.807, 2.05) is 6.92 Å². The Morgan fingerprint density at radius 2 is 2.03 bits per heavy atom. The standard InChI is InChI=1S/C21H35N3O4S/c1-5-20(21(25)22-13-7-15-24-14-6-8-17(2)16-24)28-19-11-9-18(10-12-19)23(3)29(4,26)27/h9-12,17,20H,5-8,13-16H2,1-4H3,(H,22,25). The van der Waals surface area contributed by atoms with E-state index in [1.54, 1.807) is 24.3 Å². The number of nitrogens with zero attached hydrogens (tertiary/aromatic N) is 2. The highest BCUT2D eigenvalue weighted by molar-refractivity contribution is 7.92. The van der Waals surface area contributed by atoms with Gasteiger partial charge in [0.15, 0.2) is 6.10 Å². The molecule has 29 heavy (non-hydrogen) atoms. The van der Waals surface area contributed by atoms with Crippen molar-refractivity contribution in [2.75, 3.05) is 43.8 Å². The second kappa shape index (κ2) is 10.8. The van der Waals surface area contributed by atoms with Gasteiger partial charge in [0.1, 0.15) is 5.75 Å². The van der Waals surface area contributed by atoms with E-state index < -0.39 is 16.1 Å². The first-order chi connectivity index (χ1) is 13.7. The van der Waals surface area contributed by atoms with Crippen LogP contribution in [0.4, 0.5) is 5.69 Å². The molecule has 0 saturated carbocycles. The fourth-order valence-electron chi connectivity index (χ4n) is 3.53. The van der Waals surface area contributed by atoms with E-state index in [2.05, 4.69) is 17.1 Å². The van der Waals surface area contributed by atoms with Crippen molar-refractivity contribution >= 4 is 21.6 Å². The minimum Gasteiger partial charge on any atom is -0.481 e. The predicted molar refractivity (Wildman–Crippen MR) is 117 cm³/mol. The van der Waals surface area contributed by atoms with Gasteiger partial charge >= 0.3 is 0 Å². The third-order valence-electron chi connectivity index (χ3n) is 5.33. The molecule has 2 rings (SSSR count). The van der Waals surface area contributed by atoms with Crippen molar-refractivity contribution in [2.45, 2.75) is 45.6 Å². The zero-order valence-corrected chi connectivity index (χ0v) is 18.9. The first-order valence-electron chi connectivity index (χ1n) is 10.4. The van der Waals surface area contributed by atoms with Crippen molar-refractivity contribution in [2.24, 2.45) is 5.92 Å². The van der Waals surface area contributed by atoms with Crippen LogP contribution in [0.1, 0.15) is 39.5 Å². The van der Waals surface area contributed by atoms with E-state index >= 15 is 0 Å². The van der Waals surface area contributed by atoms with E-state index in [1.165, 1.54) is 24.2 Å². The van der Waals surface area contributed by atoms with Gasteiger partial charge in [0, 0.05) is 20.1 Å². The van der Waals surface area contributed by atoms with Crippen LogP contribution in [0.25, 0.3) is 0 Å². The zero-order valence-electron chi connectivity index (χ0n) is 18.1. The third kappa shape index (κ3) is 7.51. The van der Waals surface area contributed by atoms with Gasteiger partial charge in [-0.2, -0.15) is 0 Å². The van der Waals surface area contributed by atoms with Crippen LogP contribution in [0.15, 0.2) is 24.3 Å². The average Bonchev–Trinajstić information content (AvgIpc) is 2.68. The Balaban J connectivity index is 1.79. The molecule has 1 fully saturated rings. The molecule has 2 unspecified atom stereocenters. The molecular formula is C21H35N3O4S. The molecule has 0 radical (unpaired) electrons. The molecule has 1 N–H and O–H groups in total. The van der Waals surface area contributed by atoms with Gasteiger partial charge in [0.25, 0.3) is 5.91 Å². The normalized spacial score (nSPS) is 18.8. The van der Waals surface area contributed by atoms with Crippen LogP contribution in [-0.2, 0) is 14.8 Å². The number of anilines is 1. The number of benzene rings is 1. The van der Waals surface area contributed by atoms with E-state index in [-0.39, 0.29) is 5.91 Å². The van der Waals surface area contributed by atoms with Crippen LogP contribution in [0.2, 0.25) is 0 Å². The summed E-state index contributed by atoms with van der Waals surface area (Å²) < 4.78 is 30.2. The molecule has 164 valence electrons. The van der Waals surface area contributed by atoms with Crippen LogP contribution >= 0.6 is 0 Å². The number of amides is 1. The molecule has 1 aromatic carbocycles. The first-order valence-corrected chi connectivity index (χ1v) is 12.3. The highest BCUT2D eigenvalue weighted by atomic mass is 32.2. The lowest BCUT2D eigenvalue weighted by molar-refractivity contribution is -0.128. The Hall–Kier alpha value is -1.80. The summed E-state index contributed by atoms with van der Waals surface area (Å²) in [7, 11) is -1.81. The van der Waals surface area contributed by atoms with E-state index in [4.69, 9.17) is 4.74 Å². The molecule has 1 aliphatic rings. The van der Waals surface area contributed by atoms with E-state index in [0.29, 0.717) is 24.4 Å². The summed E-state index contributed by atoms with van der Waals surface area (Å²) >= 11 is 0. The largest absolute Gasteiger partial charge is 0.481 e. The number of hydrogen-bond acceptors (Lipinski definition) is 5. The molecule has 0 aromatic heterocycles. The van der Waals surface area contributed by atoms with Gasteiger partial charge in [-0.1, -0.05) is 13.8 Å². The van der Waals surface area contributed by atoms with Gasteiger partial charge in [-0.15, -0.1) is 0 Å². The summed E-state index contributed by atoms with van der Waals surface area (Å²) in [5.41, 5.74) is 0.546. The number of piperidine rings is 1. The van der Waals surface area contributed by atoms with Crippen LogP contribution in [0.3, 0.4) is 0 Å². The Morgan fingerprint density at radius 3 is 2.62 bits per heavy atom. The van der Waals surface area contributed by atoms with Crippen LogP contribution in [0, 0.1) is 5.92 Å². The van der Waals surface area contributed by atoms with Gasteiger partial charge in [0.05, 0.1) is 11.9 Å². The molecule has 0 spiro atoms. The molecule has 1 saturated heterocycles. The summed E-state index contributed by atoms with van der Waals surface area (Å²) in [6.45, 7) is 8.16. The van der Waals surface area contributed by atoms with Crippen molar-refractivity contribution in [3.63, 3.8) is 0 Å². The molecule has 1 heterocycles. The predicted octanol–water partition coefficient (Wildman–Crippen LogP) is 2.48. The lowest BCUT2D eigenvalue weighted by atomic mass is 10.0.